The summed E-state index contributed by atoms with van der Waals surface area (Å²) < 4.78 is 3.56. The standard InChI is InChI=1S/C20H20N6O/c1-3-25-16(8-11-23-25)12-22-20(27)17-13-24-26-18(9-10-21-19(17)26)15-6-4-14(2)5-7-15/h4-11,13H,3,12H2,1-2H3,(H,22,27). The Morgan fingerprint density at radius 3 is 2.67 bits per heavy atom. The molecule has 7 heteroatoms. The van der Waals surface area contributed by atoms with Gasteiger partial charge in [-0.2, -0.15) is 10.2 Å². The van der Waals surface area contributed by atoms with Crippen LogP contribution in [-0.4, -0.2) is 30.3 Å². The molecule has 1 amide bonds. The van der Waals surface area contributed by atoms with Crippen LogP contribution in [0.1, 0.15) is 28.5 Å². The Morgan fingerprint density at radius 1 is 1.07 bits per heavy atom. The predicted molar refractivity (Wildman–Crippen MR) is 102 cm³/mol. The summed E-state index contributed by atoms with van der Waals surface area (Å²) in [6.07, 6.45) is 5.00. The lowest BCUT2D eigenvalue weighted by Crippen LogP contribution is -2.24. The molecule has 0 atom stereocenters. The van der Waals surface area contributed by atoms with E-state index in [1.54, 1.807) is 23.1 Å². The van der Waals surface area contributed by atoms with Gasteiger partial charge >= 0.3 is 0 Å². The van der Waals surface area contributed by atoms with Gasteiger partial charge in [-0.15, -0.1) is 0 Å². The molecule has 0 bridgehead atoms. The van der Waals surface area contributed by atoms with Crippen LogP contribution < -0.4 is 5.32 Å². The highest BCUT2D eigenvalue weighted by atomic mass is 16.1. The molecule has 4 aromatic rings. The van der Waals surface area contributed by atoms with Gasteiger partial charge in [0, 0.05) is 24.5 Å². The molecule has 7 nitrogen and oxygen atoms in total. The molecule has 0 radical (unpaired) electrons. The molecule has 0 aliphatic carbocycles. The topological polar surface area (TPSA) is 77.1 Å². The highest BCUT2D eigenvalue weighted by Crippen LogP contribution is 2.21. The van der Waals surface area contributed by atoms with Gasteiger partial charge in [-0.1, -0.05) is 29.8 Å². The fourth-order valence-electron chi connectivity index (χ4n) is 3.06. The third-order valence-corrected chi connectivity index (χ3v) is 4.53. The SMILES string of the molecule is CCn1nccc1CNC(=O)c1cnn2c(-c3ccc(C)cc3)ccnc12. The van der Waals surface area contributed by atoms with Crippen LogP contribution in [0.5, 0.6) is 0 Å². The third-order valence-electron chi connectivity index (χ3n) is 4.53. The van der Waals surface area contributed by atoms with Crippen LogP contribution in [0.15, 0.2) is 55.0 Å². The van der Waals surface area contributed by atoms with Crippen molar-refractivity contribution in [3.05, 3.63) is 71.8 Å². The van der Waals surface area contributed by atoms with Crippen molar-refractivity contribution in [2.75, 3.05) is 0 Å². The number of hydrogen-bond acceptors (Lipinski definition) is 4. The summed E-state index contributed by atoms with van der Waals surface area (Å²) in [5, 5.41) is 11.5. The number of benzene rings is 1. The maximum absolute atomic E-state index is 12.7. The van der Waals surface area contributed by atoms with Gasteiger partial charge in [0.25, 0.3) is 5.91 Å². The predicted octanol–water partition coefficient (Wildman–Crippen LogP) is 2.85. The summed E-state index contributed by atoms with van der Waals surface area (Å²) in [5.41, 5.74) is 5.05. The number of aryl methyl sites for hydroxylation is 2. The van der Waals surface area contributed by atoms with Crippen molar-refractivity contribution < 1.29 is 4.79 Å². The number of nitrogens with one attached hydrogen (secondary N) is 1. The van der Waals surface area contributed by atoms with E-state index in [9.17, 15) is 4.79 Å². The minimum atomic E-state index is -0.206. The lowest BCUT2D eigenvalue weighted by atomic mass is 10.1. The molecule has 0 unspecified atom stereocenters. The zero-order valence-corrected chi connectivity index (χ0v) is 15.3. The first-order chi connectivity index (χ1) is 13.2. The van der Waals surface area contributed by atoms with E-state index in [2.05, 4.69) is 32.6 Å². The van der Waals surface area contributed by atoms with Gasteiger partial charge in [0.2, 0.25) is 0 Å². The summed E-state index contributed by atoms with van der Waals surface area (Å²) >= 11 is 0. The van der Waals surface area contributed by atoms with Gasteiger partial charge < -0.3 is 5.32 Å². The zero-order valence-electron chi connectivity index (χ0n) is 15.3. The Bertz CT molecular complexity index is 1090. The summed E-state index contributed by atoms with van der Waals surface area (Å²) in [4.78, 5) is 17.0. The molecule has 0 fully saturated rings. The highest BCUT2D eigenvalue weighted by Gasteiger charge is 2.16. The Hall–Kier alpha value is -3.48. The first-order valence-electron chi connectivity index (χ1n) is 8.86. The van der Waals surface area contributed by atoms with Gasteiger partial charge in [0.05, 0.1) is 24.1 Å². The summed E-state index contributed by atoms with van der Waals surface area (Å²) in [7, 11) is 0. The van der Waals surface area contributed by atoms with Crippen molar-refractivity contribution in [3.63, 3.8) is 0 Å². The lowest BCUT2D eigenvalue weighted by molar-refractivity contribution is 0.0951. The number of carbonyl (C=O) groups is 1. The largest absolute Gasteiger partial charge is 0.346 e. The quantitative estimate of drug-likeness (QED) is 0.594. The van der Waals surface area contributed by atoms with E-state index in [-0.39, 0.29) is 5.91 Å². The van der Waals surface area contributed by atoms with E-state index in [1.807, 2.05) is 42.8 Å². The lowest BCUT2D eigenvalue weighted by Gasteiger charge is -2.07. The Morgan fingerprint density at radius 2 is 1.89 bits per heavy atom. The molecule has 0 saturated heterocycles. The molecular formula is C20H20N6O. The van der Waals surface area contributed by atoms with E-state index < -0.39 is 0 Å². The first-order valence-corrected chi connectivity index (χ1v) is 8.86. The molecule has 1 N–H and O–H groups in total. The molecule has 0 spiro atoms. The van der Waals surface area contributed by atoms with Crippen molar-refractivity contribution in [1.82, 2.24) is 29.7 Å². The number of rotatable bonds is 5. The molecule has 4 rings (SSSR count). The minimum absolute atomic E-state index is 0.206. The van der Waals surface area contributed by atoms with Gasteiger partial charge in [0.1, 0.15) is 5.56 Å². The third kappa shape index (κ3) is 3.19. The number of nitrogens with zero attached hydrogens (tertiary/aromatic N) is 5. The van der Waals surface area contributed by atoms with Crippen LogP contribution in [0.25, 0.3) is 16.9 Å². The van der Waals surface area contributed by atoms with Gasteiger partial charge in [0.15, 0.2) is 5.65 Å². The van der Waals surface area contributed by atoms with Gasteiger partial charge in [-0.05, 0) is 26.0 Å². The number of amides is 1. The molecule has 0 aliphatic rings. The average Bonchev–Trinajstić information content (AvgIpc) is 3.33. The molecule has 136 valence electrons. The number of carbonyl (C=O) groups excluding carboxylic acids is 1. The monoisotopic (exact) mass is 360 g/mol. The van der Waals surface area contributed by atoms with E-state index in [0.717, 1.165) is 23.5 Å². The van der Waals surface area contributed by atoms with Crippen LogP contribution in [0.2, 0.25) is 0 Å². The van der Waals surface area contributed by atoms with Gasteiger partial charge in [-0.3, -0.25) is 9.48 Å². The minimum Gasteiger partial charge on any atom is -0.346 e. The molecular weight excluding hydrogens is 340 g/mol. The van der Waals surface area contributed by atoms with Crippen molar-refractivity contribution in [2.45, 2.75) is 26.9 Å². The van der Waals surface area contributed by atoms with Gasteiger partial charge in [-0.25, -0.2) is 9.50 Å². The second kappa shape index (κ2) is 7.03. The van der Waals surface area contributed by atoms with E-state index in [0.29, 0.717) is 17.8 Å². The van der Waals surface area contributed by atoms with Crippen molar-refractivity contribution in [1.29, 1.82) is 0 Å². The molecule has 0 aliphatic heterocycles. The number of aromatic nitrogens is 5. The van der Waals surface area contributed by atoms with E-state index in [1.165, 1.54) is 5.56 Å². The summed E-state index contributed by atoms with van der Waals surface area (Å²) in [5.74, 6) is -0.206. The fraction of sp³-hybridized carbons (Fsp3) is 0.200. The fourth-order valence-corrected chi connectivity index (χ4v) is 3.06. The Labute approximate surface area is 156 Å². The highest BCUT2D eigenvalue weighted by molar-refractivity contribution is 5.99. The van der Waals surface area contributed by atoms with Crippen LogP contribution in [0.3, 0.4) is 0 Å². The number of fused-ring (bicyclic) bond motifs is 1. The summed E-state index contributed by atoms with van der Waals surface area (Å²) in [6.45, 7) is 5.23. The van der Waals surface area contributed by atoms with Crippen LogP contribution in [0, 0.1) is 6.92 Å². The molecule has 1 aromatic carbocycles. The second-order valence-electron chi connectivity index (χ2n) is 6.31. The number of hydrogen-bond donors (Lipinski definition) is 1. The Balaban J connectivity index is 1.62. The molecule has 3 heterocycles. The zero-order chi connectivity index (χ0) is 18.8. The summed E-state index contributed by atoms with van der Waals surface area (Å²) in [6, 6.07) is 12.0. The van der Waals surface area contributed by atoms with E-state index in [4.69, 9.17) is 0 Å². The molecule has 0 saturated carbocycles. The normalized spacial score (nSPS) is 11.0. The van der Waals surface area contributed by atoms with Crippen LogP contribution in [0.4, 0.5) is 0 Å². The maximum atomic E-state index is 12.7. The van der Waals surface area contributed by atoms with Crippen LogP contribution >= 0.6 is 0 Å². The second-order valence-corrected chi connectivity index (χ2v) is 6.31. The first kappa shape index (κ1) is 17.0. The van der Waals surface area contributed by atoms with Crippen molar-refractivity contribution in [3.8, 4) is 11.3 Å². The van der Waals surface area contributed by atoms with Crippen molar-refractivity contribution >= 4 is 11.6 Å². The average molecular weight is 360 g/mol. The Kier molecular flexibility index (Phi) is 4.42. The van der Waals surface area contributed by atoms with Crippen molar-refractivity contribution in [2.24, 2.45) is 0 Å². The molecule has 3 aromatic heterocycles. The maximum Gasteiger partial charge on any atom is 0.257 e. The van der Waals surface area contributed by atoms with E-state index >= 15 is 0 Å². The van der Waals surface area contributed by atoms with Crippen LogP contribution in [-0.2, 0) is 13.1 Å². The molecule has 27 heavy (non-hydrogen) atoms. The smallest absolute Gasteiger partial charge is 0.257 e.